The van der Waals surface area contributed by atoms with Crippen LogP contribution in [0.2, 0.25) is 0 Å². The number of nitrogens with one attached hydrogen (secondary N) is 1. The van der Waals surface area contributed by atoms with Crippen LogP contribution >= 0.6 is 0 Å². The lowest BCUT2D eigenvalue weighted by molar-refractivity contribution is 0.672. The third-order valence-electron chi connectivity index (χ3n) is 3.50. The van der Waals surface area contributed by atoms with E-state index in [1.807, 2.05) is 38.2 Å². The highest BCUT2D eigenvalue weighted by atomic mass is 32.2. The summed E-state index contributed by atoms with van der Waals surface area (Å²) in [6, 6.07) is 5.92. The highest BCUT2D eigenvalue weighted by Crippen LogP contribution is 2.28. The summed E-state index contributed by atoms with van der Waals surface area (Å²) in [5.74, 6) is 0. The molecule has 0 bridgehead atoms. The highest BCUT2D eigenvalue weighted by Gasteiger charge is 2.08. The van der Waals surface area contributed by atoms with Crippen LogP contribution in [-0.2, 0) is 10.8 Å². The van der Waals surface area contributed by atoms with Crippen LogP contribution in [0.3, 0.4) is 0 Å². The molecule has 20 heavy (non-hydrogen) atoms. The second-order valence-corrected chi connectivity index (χ2v) is 6.90. The van der Waals surface area contributed by atoms with Crippen molar-refractivity contribution in [2.24, 2.45) is 0 Å². The van der Waals surface area contributed by atoms with Crippen LogP contribution < -0.4 is 11.1 Å². The molecule has 0 saturated heterocycles. The van der Waals surface area contributed by atoms with Crippen molar-refractivity contribution in [3.63, 3.8) is 0 Å². The molecule has 1 aromatic heterocycles. The Labute approximate surface area is 122 Å². The number of anilines is 2. The SMILES string of the molecule is Cc1cc2c(NCCC(C)S(C)=O)ccc(N)c2cn1. The maximum absolute atomic E-state index is 11.3. The van der Waals surface area contributed by atoms with E-state index in [9.17, 15) is 4.21 Å². The number of benzene rings is 1. The number of nitrogens with zero attached hydrogens (tertiary/aromatic N) is 1. The predicted octanol–water partition coefficient (Wildman–Crippen LogP) is 2.69. The summed E-state index contributed by atoms with van der Waals surface area (Å²) in [7, 11) is -0.773. The van der Waals surface area contributed by atoms with Crippen LogP contribution in [0, 0.1) is 6.92 Å². The Bertz CT molecular complexity index is 642. The first-order valence-electron chi connectivity index (χ1n) is 6.70. The van der Waals surface area contributed by atoms with E-state index < -0.39 is 10.8 Å². The zero-order valence-electron chi connectivity index (χ0n) is 12.1. The van der Waals surface area contributed by atoms with E-state index >= 15 is 0 Å². The van der Waals surface area contributed by atoms with E-state index in [0.717, 1.165) is 40.8 Å². The summed E-state index contributed by atoms with van der Waals surface area (Å²) in [6.45, 7) is 4.77. The van der Waals surface area contributed by atoms with Gasteiger partial charge < -0.3 is 11.1 Å². The first-order valence-corrected chi connectivity index (χ1v) is 8.32. The molecular formula is C15H21N3OS. The van der Waals surface area contributed by atoms with E-state index in [4.69, 9.17) is 5.73 Å². The van der Waals surface area contributed by atoms with Crippen molar-refractivity contribution >= 4 is 32.9 Å². The van der Waals surface area contributed by atoms with Crippen molar-refractivity contribution in [3.8, 4) is 0 Å². The number of fused-ring (bicyclic) bond motifs is 1. The molecule has 0 amide bonds. The number of rotatable bonds is 5. The van der Waals surface area contributed by atoms with Gasteiger partial charge in [-0.05, 0) is 31.5 Å². The summed E-state index contributed by atoms with van der Waals surface area (Å²) in [4.78, 5) is 4.29. The largest absolute Gasteiger partial charge is 0.398 e. The first-order chi connectivity index (χ1) is 9.49. The van der Waals surface area contributed by atoms with Gasteiger partial charge in [0, 0.05) is 62.9 Å². The van der Waals surface area contributed by atoms with Gasteiger partial charge in [0.25, 0.3) is 0 Å². The van der Waals surface area contributed by atoms with Gasteiger partial charge in [0.2, 0.25) is 0 Å². The number of hydrogen-bond donors (Lipinski definition) is 2. The number of pyridine rings is 1. The Balaban J connectivity index is 2.20. The van der Waals surface area contributed by atoms with Crippen molar-refractivity contribution in [2.45, 2.75) is 25.5 Å². The van der Waals surface area contributed by atoms with Crippen molar-refractivity contribution in [3.05, 3.63) is 30.1 Å². The molecule has 4 nitrogen and oxygen atoms in total. The van der Waals surface area contributed by atoms with Gasteiger partial charge in [0.05, 0.1) is 0 Å². The zero-order chi connectivity index (χ0) is 14.7. The van der Waals surface area contributed by atoms with Crippen molar-refractivity contribution in [1.82, 2.24) is 4.98 Å². The summed E-state index contributed by atoms with van der Waals surface area (Å²) in [5, 5.41) is 5.66. The Kier molecular flexibility index (Phi) is 4.60. The molecule has 2 atom stereocenters. The molecule has 108 valence electrons. The molecule has 3 N–H and O–H groups in total. The summed E-state index contributed by atoms with van der Waals surface area (Å²) in [5.41, 5.74) is 8.74. The fourth-order valence-electron chi connectivity index (χ4n) is 2.10. The highest BCUT2D eigenvalue weighted by molar-refractivity contribution is 7.84. The average molecular weight is 291 g/mol. The molecular weight excluding hydrogens is 270 g/mol. The Morgan fingerprint density at radius 3 is 2.85 bits per heavy atom. The maximum atomic E-state index is 11.3. The zero-order valence-corrected chi connectivity index (χ0v) is 13.0. The number of hydrogen-bond acceptors (Lipinski definition) is 4. The minimum atomic E-state index is -0.773. The number of aryl methyl sites for hydroxylation is 1. The minimum Gasteiger partial charge on any atom is -0.398 e. The van der Waals surface area contributed by atoms with Gasteiger partial charge in [-0.1, -0.05) is 6.92 Å². The van der Waals surface area contributed by atoms with Crippen LogP contribution in [0.1, 0.15) is 19.0 Å². The summed E-state index contributed by atoms with van der Waals surface area (Å²) < 4.78 is 11.3. The van der Waals surface area contributed by atoms with E-state index in [0.29, 0.717) is 0 Å². The lowest BCUT2D eigenvalue weighted by Crippen LogP contribution is -2.15. The molecule has 1 heterocycles. The molecule has 0 aliphatic heterocycles. The van der Waals surface area contributed by atoms with Crippen molar-refractivity contribution in [1.29, 1.82) is 0 Å². The van der Waals surface area contributed by atoms with E-state index in [-0.39, 0.29) is 5.25 Å². The topological polar surface area (TPSA) is 68.0 Å². The van der Waals surface area contributed by atoms with Gasteiger partial charge >= 0.3 is 0 Å². The molecule has 0 aliphatic rings. The van der Waals surface area contributed by atoms with Gasteiger partial charge in [0.15, 0.2) is 0 Å². The lowest BCUT2D eigenvalue weighted by Gasteiger charge is -2.13. The van der Waals surface area contributed by atoms with Crippen LogP contribution in [0.15, 0.2) is 24.4 Å². The van der Waals surface area contributed by atoms with Gasteiger partial charge in [0.1, 0.15) is 0 Å². The van der Waals surface area contributed by atoms with Crippen LogP contribution in [-0.4, -0.2) is 27.2 Å². The average Bonchev–Trinajstić information content (AvgIpc) is 2.41. The smallest absolute Gasteiger partial charge is 0.0422 e. The quantitative estimate of drug-likeness (QED) is 0.831. The second-order valence-electron chi connectivity index (χ2n) is 5.10. The summed E-state index contributed by atoms with van der Waals surface area (Å²) in [6.07, 6.45) is 4.44. The number of nitrogen functional groups attached to an aromatic ring is 1. The monoisotopic (exact) mass is 291 g/mol. The van der Waals surface area contributed by atoms with E-state index in [2.05, 4.69) is 10.3 Å². The third-order valence-corrected chi connectivity index (χ3v) is 4.87. The lowest BCUT2D eigenvalue weighted by atomic mass is 10.1. The fraction of sp³-hybridized carbons (Fsp3) is 0.400. The fourth-order valence-corrected chi connectivity index (χ4v) is 2.55. The molecule has 2 aromatic rings. The molecule has 1 aromatic carbocycles. The standard InChI is InChI=1S/C15H21N3OS/c1-10-8-12-13(9-18-10)14(16)4-5-15(12)17-7-6-11(2)20(3)19/h4-5,8-9,11,17H,6-7,16H2,1-3H3. The van der Waals surface area contributed by atoms with Gasteiger partial charge in [-0.3, -0.25) is 9.19 Å². The van der Waals surface area contributed by atoms with E-state index in [1.165, 1.54) is 0 Å². The van der Waals surface area contributed by atoms with Crippen molar-refractivity contribution in [2.75, 3.05) is 23.9 Å². The van der Waals surface area contributed by atoms with Gasteiger partial charge in [-0.15, -0.1) is 0 Å². The van der Waals surface area contributed by atoms with Crippen LogP contribution in [0.4, 0.5) is 11.4 Å². The maximum Gasteiger partial charge on any atom is 0.0422 e. The second kappa shape index (κ2) is 6.22. The Morgan fingerprint density at radius 1 is 1.40 bits per heavy atom. The normalized spacial score (nSPS) is 14.2. The van der Waals surface area contributed by atoms with Crippen LogP contribution in [0.25, 0.3) is 10.8 Å². The minimum absolute atomic E-state index is 0.200. The van der Waals surface area contributed by atoms with Crippen molar-refractivity contribution < 1.29 is 4.21 Å². The molecule has 0 aliphatic carbocycles. The Hall–Kier alpha value is -1.62. The molecule has 5 heteroatoms. The first kappa shape index (κ1) is 14.8. The molecule has 2 rings (SSSR count). The predicted molar refractivity (Wildman–Crippen MR) is 87.5 cm³/mol. The molecule has 0 radical (unpaired) electrons. The molecule has 0 saturated carbocycles. The summed E-state index contributed by atoms with van der Waals surface area (Å²) >= 11 is 0. The third kappa shape index (κ3) is 3.28. The van der Waals surface area contributed by atoms with Gasteiger partial charge in [-0.2, -0.15) is 0 Å². The molecule has 0 spiro atoms. The van der Waals surface area contributed by atoms with Crippen LogP contribution in [0.5, 0.6) is 0 Å². The molecule has 0 fully saturated rings. The molecule has 2 unspecified atom stereocenters. The number of nitrogens with two attached hydrogens (primary N) is 1. The van der Waals surface area contributed by atoms with E-state index in [1.54, 1.807) is 6.26 Å². The number of aromatic nitrogens is 1. The van der Waals surface area contributed by atoms with Gasteiger partial charge in [-0.25, -0.2) is 0 Å². The Morgan fingerprint density at radius 2 is 2.15 bits per heavy atom.